The van der Waals surface area contributed by atoms with Crippen LogP contribution in [0.1, 0.15) is 47.1 Å². The minimum absolute atomic E-state index is 0.112. The zero-order valence-electron chi connectivity index (χ0n) is 23.7. The quantitative estimate of drug-likeness (QED) is 0.201. The summed E-state index contributed by atoms with van der Waals surface area (Å²) in [6, 6.07) is 20.4. The van der Waals surface area contributed by atoms with E-state index in [9.17, 15) is 31.1 Å². The number of piperidine rings is 1. The number of ether oxygens (including phenoxy) is 1. The predicted octanol–water partition coefficient (Wildman–Crippen LogP) is 7.21. The van der Waals surface area contributed by atoms with E-state index >= 15 is 0 Å². The number of carbonyl (C=O) groups is 1. The first-order valence-corrected chi connectivity index (χ1v) is 13.9. The summed E-state index contributed by atoms with van der Waals surface area (Å²) in [6.07, 6.45) is -9.23. The number of hydrogen-bond acceptors (Lipinski definition) is 4. The van der Waals surface area contributed by atoms with E-state index in [0.29, 0.717) is 37.9 Å². The highest BCUT2D eigenvalue weighted by Gasteiger charge is 2.61. The van der Waals surface area contributed by atoms with Crippen molar-refractivity contribution in [2.45, 2.75) is 62.5 Å². The first-order chi connectivity index (χ1) is 20.3. The van der Waals surface area contributed by atoms with Gasteiger partial charge in [0.15, 0.2) is 0 Å². The fourth-order valence-corrected chi connectivity index (χ4v) is 6.67. The molecule has 5 rings (SSSR count). The molecule has 0 spiro atoms. The molecular weight excluding hydrogens is 574 g/mol. The number of hydroxylamine groups is 2. The number of carbonyl (C=O) groups excluding carboxylic acids is 1. The Morgan fingerprint density at radius 1 is 0.884 bits per heavy atom. The molecular formula is C32H32F6N2O3. The molecule has 2 aliphatic heterocycles. The number of halogens is 6. The zero-order valence-corrected chi connectivity index (χ0v) is 23.7. The molecule has 2 aliphatic rings. The van der Waals surface area contributed by atoms with Crippen molar-refractivity contribution in [1.29, 1.82) is 0 Å². The Kier molecular flexibility index (Phi) is 8.61. The number of fused-ring (bicyclic) bond motifs is 2. The summed E-state index contributed by atoms with van der Waals surface area (Å²) >= 11 is 0. The van der Waals surface area contributed by atoms with Gasteiger partial charge in [-0.3, -0.25) is 14.5 Å². The van der Waals surface area contributed by atoms with Crippen LogP contribution >= 0.6 is 0 Å². The minimum Gasteiger partial charge on any atom is -0.371 e. The van der Waals surface area contributed by atoms with Crippen LogP contribution in [-0.4, -0.2) is 42.2 Å². The van der Waals surface area contributed by atoms with Crippen molar-refractivity contribution in [2.24, 2.45) is 5.92 Å². The van der Waals surface area contributed by atoms with Crippen LogP contribution in [0.3, 0.4) is 0 Å². The molecule has 2 saturated heterocycles. The number of rotatable bonds is 8. The molecule has 0 N–H and O–H groups in total. The number of hydrogen-bond donors (Lipinski definition) is 0. The molecule has 0 saturated carbocycles. The molecule has 0 aliphatic carbocycles. The fourth-order valence-electron chi connectivity index (χ4n) is 6.67. The molecule has 3 aromatic rings. The molecule has 43 heavy (non-hydrogen) atoms. The third-order valence-electron chi connectivity index (χ3n) is 8.64. The Bertz CT molecular complexity index is 1380. The van der Waals surface area contributed by atoms with Crippen LogP contribution in [0.2, 0.25) is 0 Å². The lowest BCUT2D eigenvalue weighted by Gasteiger charge is -2.50. The molecule has 2 heterocycles. The van der Waals surface area contributed by atoms with Gasteiger partial charge in [-0.2, -0.15) is 26.3 Å². The van der Waals surface area contributed by atoms with E-state index in [-0.39, 0.29) is 23.6 Å². The molecule has 230 valence electrons. The van der Waals surface area contributed by atoms with Gasteiger partial charge in [-0.25, -0.2) is 5.06 Å². The van der Waals surface area contributed by atoms with Gasteiger partial charge in [-0.15, -0.1) is 0 Å². The Balaban J connectivity index is 1.56. The van der Waals surface area contributed by atoms with Gasteiger partial charge in [-0.1, -0.05) is 60.7 Å². The Morgan fingerprint density at radius 2 is 1.47 bits per heavy atom. The molecule has 2 bridgehead atoms. The predicted molar refractivity (Wildman–Crippen MR) is 146 cm³/mol. The van der Waals surface area contributed by atoms with E-state index in [1.54, 1.807) is 7.05 Å². The second-order valence-corrected chi connectivity index (χ2v) is 11.1. The SMILES string of the molecule is CON(C)C(=O)[C@@H]1C[C@@]2(c3ccccc3)[C@H](OCc3cc(C(F)(F)F)cc(C(F)(F)F)c3)CC[C@@H]1N2Cc1ccccc1. The normalized spacial score (nSPS) is 24.2. The van der Waals surface area contributed by atoms with E-state index in [1.165, 1.54) is 12.2 Å². The second kappa shape index (κ2) is 11.9. The number of benzene rings is 3. The van der Waals surface area contributed by atoms with Crippen LogP contribution in [0.5, 0.6) is 0 Å². The third kappa shape index (κ3) is 6.16. The first kappa shape index (κ1) is 31.0. The largest absolute Gasteiger partial charge is 0.416 e. The fraction of sp³-hybridized carbons (Fsp3) is 0.406. The Labute approximate surface area is 245 Å². The summed E-state index contributed by atoms with van der Waals surface area (Å²) in [6.45, 7) is -0.00476. The maximum Gasteiger partial charge on any atom is 0.416 e. The van der Waals surface area contributed by atoms with Crippen molar-refractivity contribution in [3.05, 3.63) is 107 Å². The molecule has 5 nitrogen and oxygen atoms in total. The molecule has 3 aromatic carbocycles. The van der Waals surface area contributed by atoms with Crippen LogP contribution in [0.15, 0.2) is 78.9 Å². The molecule has 1 amide bonds. The van der Waals surface area contributed by atoms with Crippen molar-refractivity contribution >= 4 is 5.91 Å². The zero-order chi connectivity index (χ0) is 31.0. The van der Waals surface area contributed by atoms with Crippen molar-refractivity contribution in [3.8, 4) is 0 Å². The van der Waals surface area contributed by atoms with Crippen molar-refractivity contribution in [2.75, 3.05) is 14.2 Å². The van der Waals surface area contributed by atoms with Crippen molar-refractivity contribution in [3.63, 3.8) is 0 Å². The van der Waals surface area contributed by atoms with E-state index < -0.39 is 47.6 Å². The van der Waals surface area contributed by atoms with E-state index in [1.807, 2.05) is 60.7 Å². The Hall–Kier alpha value is -3.41. The van der Waals surface area contributed by atoms with Crippen LogP contribution in [0.25, 0.3) is 0 Å². The van der Waals surface area contributed by atoms with E-state index in [4.69, 9.17) is 9.57 Å². The molecule has 0 radical (unpaired) electrons. The van der Waals surface area contributed by atoms with E-state index in [2.05, 4.69) is 4.90 Å². The second-order valence-electron chi connectivity index (χ2n) is 11.1. The third-order valence-corrected chi connectivity index (χ3v) is 8.64. The maximum atomic E-state index is 13.6. The highest BCUT2D eigenvalue weighted by atomic mass is 19.4. The maximum absolute atomic E-state index is 13.6. The summed E-state index contributed by atoms with van der Waals surface area (Å²) in [7, 11) is 2.95. The summed E-state index contributed by atoms with van der Waals surface area (Å²) in [4.78, 5) is 21.0. The summed E-state index contributed by atoms with van der Waals surface area (Å²) in [5.74, 6) is -0.690. The summed E-state index contributed by atoms with van der Waals surface area (Å²) < 4.78 is 87.6. The van der Waals surface area contributed by atoms with Gasteiger partial charge in [0.05, 0.1) is 42.4 Å². The first-order valence-electron chi connectivity index (χ1n) is 13.9. The van der Waals surface area contributed by atoms with Gasteiger partial charge >= 0.3 is 12.4 Å². The van der Waals surface area contributed by atoms with Gasteiger partial charge in [0, 0.05) is 19.6 Å². The van der Waals surface area contributed by atoms with Crippen LogP contribution in [-0.2, 0) is 45.4 Å². The molecule has 2 fully saturated rings. The van der Waals surface area contributed by atoms with Crippen LogP contribution < -0.4 is 0 Å². The number of nitrogens with zero attached hydrogens (tertiary/aromatic N) is 2. The van der Waals surface area contributed by atoms with Crippen LogP contribution in [0.4, 0.5) is 26.3 Å². The van der Waals surface area contributed by atoms with Gasteiger partial charge < -0.3 is 4.74 Å². The molecule has 11 heteroatoms. The number of amides is 1. The average Bonchev–Trinajstić information content (AvgIpc) is 3.19. The number of alkyl halides is 6. The van der Waals surface area contributed by atoms with Gasteiger partial charge in [0.1, 0.15) is 0 Å². The topological polar surface area (TPSA) is 42.0 Å². The molecule has 0 unspecified atom stereocenters. The van der Waals surface area contributed by atoms with Crippen molar-refractivity contribution < 1.29 is 40.7 Å². The molecule has 0 aromatic heterocycles. The highest BCUT2D eigenvalue weighted by molar-refractivity contribution is 5.79. The lowest BCUT2D eigenvalue weighted by molar-refractivity contribution is -0.174. The smallest absolute Gasteiger partial charge is 0.371 e. The summed E-state index contributed by atoms with van der Waals surface area (Å²) in [5, 5.41) is 1.20. The minimum atomic E-state index is -4.96. The van der Waals surface area contributed by atoms with Gasteiger partial charge in [-0.05, 0) is 54.2 Å². The van der Waals surface area contributed by atoms with Crippen LogP contribution in [0, 0.1) is 5.92 Å². The van der Waals surface area contributed by atoms with E-state index in [0.717, 1.165) is 11.1 Å². The lowest BCUT2D eigenvalue weighted by atomic mass is 9.78. The monoisotopic (exact) mass is 606 g/mol. The summed E-state index contributed by atoms with van der Waals surface area (Å²) in [5.41, 5.74) is -2.04. The Morgan fingerprint density at radius 3 is 2.02 bits per heavy atom. The molecule has 4 atom stereocenters. The van der Waals surface area contributed by atoms with Gasteiger partial charge in [0.2, 0.25) is 0 Å². The van der Waals surface area contributed by atoms with Crippen molar-refractivity contribution in [1.82, 2.24) is 9.96 Å². The lowest BCUT2D eigenvalue weighted by Crippen LogP contribution is -2.56. The van der Waals surface area contributed by atoms with Gasteiger partial charge in [0.25, 0.3) is 5.91 Å². The average molecular weight is 607 g/mol. The highest BCUT2D eigenvalue weighted by Crippen LogP contribution is 2.55. The standard InChI is InChI=1S/C32H32F6N2O3/c1-39(42-2)29(41)26-18-30(23-11-7-4-8-12-23)28(14-13-27(26)40(30)19-21-9-5-3-6-10-21)43-20-22-15-24(31(33,34)35)17-25(16-22)32(36,37)38/h3-12,15-17,26-28H,13-14,18-20H2,1-2H3/t26-,27+,28-,30-/m1/s1.